The van der Waals surface area contributed by atoms with Gasteiger partial charge in [0.15, 0.2) is 0 Å². The maximum Gasteiger partial charge on any atom is 0.411 e. The molecule has 4 aromatic rings. The van der Waals surface area contributed by atoms with Crippen molar-refractivity contribution in [2.24, 2.45) is 5.92 Å². The number of aromatic nitrogens is 2. The number of hydrogen-bond acceptors (Lipinski definition) is 5. The Bertz CT molecular complexity index is 1640. The average Bonchev–Trinajstić information content (AvgIpc) is 3.58. The minimum absolute atomic E-state index is 0.0616. The second-order valence-corrected chi connectivity index (χ2v) is 11.7. The van der Waals surface area contributed by atoms with Crippen LogP contribution in [0.2, 0.25) is 0 Å². The van der Waals surface area contributed by atoms with Crippen LogP contribution in [0.15, 0.2) is 60.7 Å². The number of nitrogens with one attached hydrogen (secondary N) is 1. The molecule has 7 nitrogen and oxygen atoms in total. The molecular formula is C34H35N5O2. The van der Waals surface area contributed by atoms with E-state index >= 15 is 0 Å². The molecule has 0 unspecified atom stereocenters. The number of amides is 1. The molecule has 0 spiro atoms. The molecule has 2 aromatic carbocycles. The van der Waals surface area contributed by atoms with E-state index in [-0.39, 0.29) is 6.10 Å². The smallest absolute Gasteiger partial charge is 0.411 e. The van der Waals surface area contributed by atoms with Crippen LogP contribution in [0, 0.1) is 17.2 Å². The van der Waals surface area contributed by atoms with Crippen LogP contribution in [-0.4, -0.2) is 34.8 Å². The first kappa shape index (κ1) is 25.6. The van der Waals surface area contributed by atoms with Crippen LogP contribution >= 0.6 is 0 Å². The molecule has 2 saturated carbocycles. The van der Waals surface area contributed by atoms with Crippen LogP contribution in [0.5, 0.6) is 0 Å². The van der Waals surface area contributed by atoms with Crippen molar-refractivity contribution in [1.29, 1.82) is 5.26 Å². The van der Waals surface area contributed by atoms with Crippen molar-refractivity contribution in [3.63, 3.8) is 0 Å². The quantitative estimate of drug-likeness (QED) is 0.255. The van der Waals surface area contributed by atoms with Gasteiger partial charge in [0.2, 0.25) is 0 Å². The van der Waals surface area contributed by atoms with Crippen molar-refractivity contribution in [3.05, 3.63) is 66.2 Å². The summed E-state index contributed by atoms with van der Waals surface area (Å²) in [7, 11) is 0. The lowest BCUT2D eigenvalue weighted by atomic mass is 9.92. The van der Waals surface area contributed by atoms with Gasteiger partial charge in [0.25, 0.3) is 0 Å². The van der Waals surface area contributed by atoms with Crippen LogP contribution in [0.4, 0.5) is 16.3 Å². The minimum Gasteiger partial charge on any atom is -0.446 e. The zero-order chi connectivity index (χ0) is 27.9. The van der Waals surface area contributed by atoms with Crippen molar-refractivity contribution in [1.82, 2.24) is 9.55 Å². The number of nitrogens with zero attached hydrogens (tertiary/aromatic N) is 4. The van der Waals surface area contributed by atoms with Gasteiger partial charge in [-0.1, -0.05) is 30.3 Å². The number of pyridine rings is 1. The predicted molar refractivity (Wildman–Crippen MR) is 162 cm³/mol. The molecule has 3 fully saturated rings. The number of nitriles is 1. The monoisotopic (exact) mass is 545 g/mol. The first-order valence-corrected chi connectivity index (χ1v) is 15.0. The third-order valence-electron chi connectivity index (χ3n) is 9.00. The maximum atomic E-state index is 12.4. The summed E-state index contributed by atoms with van der Waals surface area (Å²) in [6, 6.07) is 23.3. The molecule has 208 valence electrons. The highest BCUT2D eigenvalue weighted by molar-refractivity contribution is 5.97. The summed E-state index contributed by atoms with van der Waals surface area (Å²) in [5, 5.41) is 14.2. The molecule has 1 amide bonds. The van der Waals surface area contributed by atoms with Gasteiger partial charge in [0, 0.05) is 35.8 Å². The fourth-order valence-corrected chi connectivity index (χ4v) is 6.29. The molecule has 7 heteroatoms. The molecule has 3 aliphatic rings. The minimum atomic E-state index is -0.423. The number of hydrogen-bond donors (Lipinski definition) is 1. The van der Waals surface area contributed by atoms with Gasteiger partial charge in [0.1, 0.15) is 18.0 Å². The highest BCUT2D eigenvalue weighted by Crippen LogP contribution is 2.43. The van der Waals surface area contributed by atoms with Gasteiger partial charge in [-0.25, -0.2) is 9.78 Å². The summed E-state index contributed by atoms with van der Waals surface area (Å²) in [6.45, 7) is 4.07. The SMILES string of the molecule is C[C@@H](OC(=O)Nc1ccc(-c2c(C#N)c3ccc(-c4cccc(N5CCCC5)n4)cc3n2C2CCC2)cc1)C1CC1. The van der Waals surface area contributed by atoms with Gasteiger partial charge >= 0.3 is 6.09 Å². The standard InChI is InChI=1S/C34H35N5O2/c1-22(23-10-11-23)41-34(40)36-26-15-12-24(13-16-26)33-29(21-35)28-17-14-25(20-31(28)39(33)27-6-4-7-27)30-8-5-9-32(37-30)38-18-2-3-19-38/h5,8-9,12-17,20,22-23,27H,2-4,6-7,10-11,18-19H2,1H3,(H,36,40)/t22-/m1/s1. The number of benzene rings is 2. The second-order valence-electron chi connectivity index (χ2n) is 11.7. The number of ether oxygens (including phenoxy) is 1. The molecule has 0 bridgehead atoms. The van der Waals surface area contributed by atoms with E-state index < -0.39 is 6.09 Å². The molecule has 3 heterocycles. The van der Waals surface area contributed by atoms with E-state index in [0.29, 0.717) is 23.2 Å². The Morgan fingerprint density at radius 3 is 2.44 bits per heavy atom. The second kappa shape index (κ2) is 10.6. The zero-order valence-corrected chi connectivity index (χ0v) is 23.5. The zero-order valence-electron chi connectivity index (χ0n) is 23.5. The molecule has 1 saturated heterocycles. The van der Waals surface area contributed by atoms with E-state index in [0.717, 1.165) is 78.0 Å². The van der Waals surface area contributed by atoms with E-state index in [2.05, 4.69) is 57.3 Å². The lowest BCUT2D eigenvalue weighted by Gasteiger charge is -2.30. The van der Waals surface area contributed by atoms with Gasteiger partial charge < -0.3 is 14.2 Å². The lowest BCUT2D eigenvalue weighted by molar-refractivity contribution is 0.108. The Morgan fingerprint density at radius 2 is 1.76 bits per heavy atom. The number of fused-ring (bicyclic) bond motifs is 1. The molecule has 1 aliphatic heterocycles. The van der Waals surface area contributed by atoms with E-state index in [1.165, 1.54) is 19.3 Å². The van der Waals surface area contributed by atoms with Crippen LogP contribution in [0.3, 0.4) is 0 Å². The molecule has 41 heavy (non-hydrogen) atoms. The summed E-state index contributed by atoms with van der Waals surface area (Å²) in [4.78, 5) is 19.8. The van der Waals surface area contributed by atoms with Gasteiger partial charge in [-0.2, -0.15) is 5.26 Å². The molecule has 0 radical (unpaired) electrons. The fraction of sp³-hybridized carbons (Fsp3) is 0.382. The van der Waals surface area contributed by atoms with Gasteiger partial charge in [-0.05, 0) is 93.7 Å². The number of carbonyl (C=O) groups is 1. The Balaban J connectivity index is 1.24. The molecule has 1 atom stereocenters. The summed E-state index contributed by atoms with van der Waals surface area (Å²) < 4.78 is 7.90. The summed E-state index contributed by atoms with van der Waals surface area (Å²) in [5.74, 6) is 1.53. The molecular weight excluding hydrogens is 510 g/mol. The van der Waals surface area contributed by atoms with Crippen molar-refractivity contribution < 1.29 is 9.53 Å². The van der Waals surface area contributed by atoms with Crippen LogP contribution in [0.1, 0.15) is 63.5 Å². The third-order valence-corrected chi connectivity index (χ3v) is 9.00. The van der Waals surface area contributed by atoms with Crippen LogP contribution < -0.4 is 10.2 Å². The topological polar surface area (TPSA) is 83.2 Å². The van der Waals surface area contributed by atoms with E-state index in [1.807, 2.05) is 31.2 Å². The summed E-state index contributed by atoms with van der Waals surface area (Å²) in [6.07, 6.45) is 7.58. The Morgan fingerprint density at radius 1 is 1.00 bits per heavy atom. The highest BCUT2D eigenvalue weighted by Gasteiger charge is 2.31. The van der Waals surface area contributed by atoms with Gasteiger partial charge in [-0.15, -0.1) is 0 Å². The molecule has 2 aliphatic carbocycles. The lowest BCUT2D eigenvalue weighted by Crippen LogP contribution is -2.21. The van der Waals surface area contributed by atoms with Crippen molar-refractivity contribution in [2.75, 3.05) is 23.3 Å². The average molecular weight is 546 g/mol. The first-order valence-electron chi connectivity index (χ1n) is 15.0. The Hall–Kier alpha value is -4.31. The van der Waals surface area contributed by atoms with Gasteiger partial charge in [0.05, 0.1) is 22.5 Å². The normalized spacial score (nSPS) is 17.7. The maximum absolute atomic E-state index is 12.4. The highest BCUT2D eigenvalue weighted by atomic mass is 16.6. The summed E-state index contributed by atoms with van der Waals surface area (Å²) >= 11 is 0. The van der Waals surface area contributed by atoms with E-state index in [1.54, 1.807) is 0 Å². The number of carbonyl (C=O) groups excluding carboxylic acids is 1. The third kappa shape index (κ3) is 4.93. The Labute approximate surface area is 240 Å². The fourth-order valence-electron chi connectivity index (χ4n) is 6.29. The van der Waals surface area contributed by atoms with Crippen LogP contribution in [0.25, 0.3) is 33.4 Å². The molecule has 2 aromatic heterocycles. The van der Waals surface area contributed by atoms with Gasteiger partial charge in [-0.3, -0.25) is 5.32 Å². The first-order chi connectivity index (χ1) is 20.1. The summed E-state index contributed by atoms with van der Waals surface area (Å²) in [5.41, 5.74) is 6.37. The predicted octanol–water partition coefficient (Wildman–Crippen LogP) is 7.91. The van der Waals surface area contributed by atoms with E-state index in [9.17, 15) is 10.1 Å². The molecule has 1 N–H and O–H groups in total. The van der Waals surface area contributed by atoms with Crippen molar-refractivity contribution in [3.8, 4) is 28.6 Å². The number of anilines is 2. The molecule has 7 rings (SSSR count). The van der Waals surface area contributed by atoms with E-state index in [4.69, 9.17) is 9.72 Å². The van der Waals surface area contributed by atoms with Crippen molar-refractivity contribution in [2.45, 2.75) is 64.0 Å². The van der Waals surface area contributed by atoms with Crippen LogP contribution in [-0.2, 0) is 4.74 Å². The largest absolute Gasteiger partial charge is 0.446 e. The van der Waals surface area contributed by atoms with Crippen molar-refractivity contribution >= 4 is 28.5 Å². The Kier molecular flexibility index (Phi) is 6.62. The number of rotatable bonds is 7.